The zero-order valence-corrected chi connectivity index (χ0v) is 24.5. The molecule has 0 amide bonds. The summed E-state index contributed by atoms with van der Waals surface area (Å²) in [7, 11) is 1.43. The van der Waals surface area contributed by atoms with Crippen LogP contribution in [0.25, 0.3) is 0 Å². The van der Waals surface area contributed by atoms with E-state index < -0.39 is 29.5 Å². The molecule has 5 nitrogen and oxygen atoms in total. The Labute approximate surface area is 257 Å². The summed E-state index contributed by atoms with van der Waals surface area (Å²) in [4.78, 5) is 31.9. The van der Waals surface area contributed by atoms with Gasteiger partial charge in [-0.2, -0.15) is 0 Å². The molecule has 5 heteroatoms. The number of carbonyl (C=O) groups excluding carboxylic acids is 2. The minimum Gasteiger partial charge on any atom is -0.484 e. The maximum Gasteiger partial charge on any atom is 0.323 e. The number of hydrogen-bond donors (Lipinski definition) is 0. The molecular formula is C39H33NO4. The van der Waals surface area contributed by atoms with E-state index in [9.17, 15) is 4.79 Å². The Morgan fingerprint density at radius 3 is 1.84 bits per heavy atom. The number of fused-ring (bicyclic) bond motifs is 1. The van der Waals surface area contributed by atoms with E-state index in [0.29, 0.717) is 17.9 Å². The molecule has 5 atom stereocenters. The standard InChI is InChI=1S/C39H33NO4/c1-43-38(42)34-33(28-18-8-3-9-19-28)39(35(29-20-10-4-11-21-29)40(34)26-27-16-6-2-7-17-27)36(41)31-24-14-15-25-32(31)44-37(39)30-22-12-5-13-23-30/h2-25,33-35,37H,26H2,1H3/t33-,34+,35+,37+,39-/m1/s1. The number of likely N-dealkylation sites (tertiary alicyclic amines) is 1. The lowest BCUT2D eigenvalue weighted by Crippen LogP contribution is -2.50. The summed E-state index contributed by atoms with van der Waals surface area (Å²) in [6, 6.07) is 46.2. The van der Waals surface area contributed by atoms with Crippen LogP contribution in [0.3, 0.4) is 0 Å². The predicted octanol–water partition coefficient (Wildman–Crippen LogP) is 7.57. The van der Waals surface area contributed by atoms with Crippen LogP contribution < -0.4 is 4.74 Å². The van der Waals surface area contributed by atoms with Crippen LogP contribution in [0.2, 0.25) is 0 Å². The third-order valence-corrected chi connectivity index (χ3v) is 9.20. The van der Waals surface area contributed by atoms with Gasteiger partial charge in [-0.1, -0.05) is 133 Å². The predicted molar refractivity (Wildman–Crippen MR) is 169 cm³/mol. The maximum absolute atomic E-state index is 15.6. The highest BCUT2D eigenvalue weighted by Crippen LogP contribution is 2.67. The molecule has 1 fully saturated rings. The van der Waals surface area contributed by atoms with Gasteiger partial charge in [0.05, 0.1) is 18.7 Å². The smallest absolute Gasteiger partial charge is 0.323 e. The third-order valence-electron chi connectivity index (χ3n) is 9.20. The summed E-state index contributed by atoms with van der Waals surface area (Å²) >= 11 is 0. The second-order valence-electron chi connectivity index (χ2n) is 11.5. The number of methoxy groups -OCH3 is 1. The van der Waals surface area contributed by atoms with Gasteiger partial charge in [0.15, 0.2) is 5.78 Å². The van der Waals surface area contributed by atoms with E-state index in [0.717, 1.165) is 22.3 Å². The van der Waals surface area contributed by atoms with Gasteiger partial charge in [0, 0.05) is 12.5 Å². The largest absolute Gasteiger partial charge is 0.484 e. The van der Waals surface area contributed by atoms with Crippen molar-refractivity contribution in [2.75, 3.05) is 7.11 Å². The Hall–Kier alpha value is -5.00. The minimum absolute atomic E-state index is 0.0413. The van der Waals surface area contributed by atoms with Crippen molar-refractivity contribution in [1.29, 1.82) is 0 Å². The van der Waals surface area contributed by atoms with Gasteiger partial charge in [0.2, 0.25) is 0 Å². The monoisotopic (exact) mass is 579 g/mol. The second-order valence-corrected chi connectivity index (χ2v) is 11.5. The summed E-state index contributed by atoms with van der Waals surface area (Å²) in [6.45, 7) is 0.432. The first kappa shape index (κ1) is 27.8. The van der Waals surface area contributed by atoms with Gasteiger partial charge in [0.25, 0.3) is 0 Å². The summed E-state index contributed by atoms with van der Waals surface area (Å²) in [6.07, 6.45) is -0.700. The maximum atomic E-state index is 15.6. The van der Waals surface area contributed by atoms with Gasteiger partial charge in [-0.3, -0.25) is 14.5 Å². The van der Waals surface area contributed by atoms with E-state index >= 15 is 4.79 Å². The van der Waals surface area contributed by atoms with Gasteiger partial charge >= 0.3 is 5.97 Å². The molecule has 0 radical (unpaired) electrons. The summed E-state index contributed by atoms with van der Waals surface area (Å²) in [5, 5.41) is 0. The van der Waals surface area contributed by atoms with Crippen molar-refractivity contribution < 1.29 is 19.1 Å². The molecule has 2 heterocycles. The number of esters is 1. The van der Waals surface area contributed by atoms with Crippen molar-refractivity contribution in [3.63, 3.8) is 0 Å². The normalized spacial score (nSPS) is 24.4. The molecule has 1 spiro atoms. The van der Waals surface area contributed by atoms with Crippen LogP contribution in [0.4, 0.5) is 0 Å². The first-order valence-corrected chi connectivity index (χ1v) is 15.0. The summed E-state index contributed by atoms with van der Waals surface area (Å²) in [5.41, 5.74) is 3.01. The lowest BCUT2D eigenvalue weighted by atomic mass is 9.58. The molecule has 0 aromatic heterocycles. The van der Waals surface area contributed by atoms with Crippen LogP contribution in [0.5, 0.6) is 5.75 Å². The van der Waals surface area contributed by atoms with Crippen LogP contribution in [-0.2, 0) is 16.1 Å². The number of ketones is 1. The minimum atomic E-state index is -1.24. The number of benzene rings is 5. The molecule has 5 aromatic rings. The number of ether oxygens (including phenoxy) is 2. The molecule has 1 saturated heterocycles. The van der Waals surface area contributed by atoms with Gasteiger partial charge in [-0.15, -0.1) is 0 Å². The van der Waals surface area contributed by atoms with Gasteiger partial charge < -0.3 is 9.47 Å². The fraction of sp³-hybridized carbons (Fsp3) is 0.179. The number of para-hydroxylation sites is 1. The first-order valence-electron chi connectivity index (χ1n) is 15.0. The fourth-order valence-electron chi connectivity index (χ4n) is 7.53. The summed E-state index contributed by atoms with van der Waals surface area (Å²) < 4.78 is 12.6. The van der Waals surface area contributed by atoms with Crippen molar-refractivity contribution in [2.24, 2.45) is 5.41 Å². The molecule has 218 valence electrons. The summed E-state index contributed by atoms with van der Waals surface area (Å²) in [5.74, 6) is -0.478. The SMILES string of the molecule is COC(=O)[C@@H]1[C@@H](c2ccccc2)[C@]2(C(=O)c3ccccc3O[C@H]2c2ccccc2)[C@H](c2ccccc2)N1Cc1ccccc1. The van der Waals surface area contributed by atoms with Crippen molar-refractivity contribution in [1.82, 2.24) is 4.90 Å². The van der Waals surface area contributed by atoms with Crippen LogP contribution in [0.1, 0.15) is 50.7 Å². The van der Waals surface area contributed by atoms with Gasteiger partial charge in [-0.25, -0.2) is 0 Å². The van der Waals surface area contributed by atoms with E-state index in [1.54, 1.807) is 0 Å². The lowest BCUT2D eigenvalue weighted by molar-refractivity contribution is -0.147. The second kappa shape index (κ2) is 11.6. The van der Waals surface area contributed by atoms with Crippen LogP contribution in [0.15, 0.2) is 146 Å². The highest BCUT2D eigenvalue weighted by atomic mass is 16.5. The van der Waals surface area contributed by atoms with Gasteiger partial charge in [0.1, 0.15) is 23.3 Å². The highest BCUT2D eigenvalue weighted by molar-refractivity contribution is 6.06. The van der Waals surface area contributed by atoms with E-state index in [-0.39, 0.29) is 11.8 Å². The van der Waals surface area contributed by atoms with E-state index in [1.165, 1.54) is 7.11 Å². The van der Waals surface area contributed by atoms with Crippen molar-refractivity contribution >= 4 is 11.8 Å². The fourth-order valence-corrected chi connectivity index (χ4v) is 7.53. The molecule has 7 rings (SSSR count). The number of nitrogens with zero attached hydrogens (tertiary/aromatic N) is 1. The van der Waals surface area contributed by atoms with Crippen LogP contribution >= 0.6 is 0 Å². The zero-order valence-electron chi connectivity index (χ0n) is 24.5. The van der Waals surface area contributed by atoms with Crippen molar-refractivity contribution in [3.05, 3.63) is 173 Å². The van der Waals surface area contributed by atoms with E-state index in [4.69, 9.17) is 9.47 Å². The quantitative estimate of drug-likeness (QED) is 0.194. The Kier molecular flexibility index (Phi) is 7.32. The van der Waals surface area contributed by atoms with Crippen LogP contribution in [0, 0.1) is 5.41 Å². The number of hydrogen-bond acceptors (Lipinski definition) is 5. The number of Topliss-reactive ketones (excluding diaryl/α,β-unsaturated/α-hetero) is 1. The Morgan fingerprint density at radius 2 is 1.23 bits per heavy atom. The molecule has 0 N–H and O–H groups in total. The Bertz CT molecular complexity index is 1760. The van der Waals surface area contributed by atoms with Crippen molar-refractivity contribution in [2.45, 2.75) is 30.7 Å². The highest BCUT2D eigenvalue weighted by Gasteiger charge is 2.71. The lowest BCUT2D eigenvalue weighted by Gasteiger charge is -2.48. The molecule has 0 aliphatic carbocycles. The average molecular weight is 580 g/mol. The van der Waals surface area contributed by atoms with Gasteiger partial charge in [-0.05, 0) is 34.4 Å². The molecule has 0 unspecified atom stereocenters. The molecular weight excluding hydrogens is 546 g/mol. The van der Waals surface area contributed by atoms with E-state index in [2.05, 4.69) is 29.2 Å². The molecule has 2 aliphatic rings. The Balaban J connectivity index is 1.60. The topological polar surface area (TPSA) is 55.8 Å². The zero-order chi connectivity index (χ0) is 30.1. The number of rotatable bonds is 6. The molecule has 5 aromatic carbocycles. The molecule has 44 heavy (non-hydrogen) atoms. The molecule has 0 saturated carbocycles. The molecule has 0 bridgehead atoms. The van der Waals surface area contributed by atoms with Crippen LogP contribution in [-0.4, -0.2) is 29.8 Å². The van der Waals surface area contributed by atoms with Crippen molar-refractivity contribution in [3.8, 4) is 5.75 Å². The van der Waals surface area contributed by atoms with E-state index in [1.807, 2.05) is 121 Å². The average Bonchev–Trinajstić information content (AvgIpc) is 3.38. The molecule has 2 aliphatic heterocycles. The first-order chi connectivity index (χ1) is 21.6. The number of carbonyl (C=O) groups is 2. The Morgan fingerprint density at radius 1 is 0.705 bits per heavy atom. The third kappa shape index (κ3) is 4.43.